The number of methoxy groups -OCH3 is 1. The lowest BCUT2D eigenvalue weighted by atomic mass is 10.0. The molecule has 0 spiro atoms. The smallest absolute Gasteiger partial charge is 0.221 e. The highest BCUT2D eigenvalue weighted by Gasteiger charge is 2.30. The fourth-order valence-electron chi connectivity index (χ4n) is 4.67. The van der Waals surface area contributed by atoms with Gasteiger partial charge in [0.15, 0.2) is 5.65 Å². The molecule has 1 aromatic carbocycles. The number of halogens is 2. The number of benzene rings is 1. The van der Waals surface area contributed by atoms with Crippen molar-refractivity contribution < 1.29 is 13.5 Å². The van der Waals surface area contributed by atoms with Gasteiger partial charge in [-0.05, 0) is 49.2 Å². The summed E-state index contributed by atoms with van der Waals surface area (Å²) in [5.41, 5.74) is 3.30. The molecule has 0 amide bonds. The number of anilines is 1. The van der Waals surface area contributed by atoms with Crippen LogP contribution in [0.1, 0.15) is 24.4 Å². The molecule has 1 saturated heterocycles. The first-order chi connectivity index (χ1) is 17.1. The first-order valence-corrected chi connectivity index (χ1v) is 11.2. The predicted octanol–water partition coefficient (Wildman–Crippen LogP) is 4.61. The van der Waals surface area contributed by atoms with Crippen LogP contribution in [0.25, 0.3) is 22.5 Å². The highest BCUT2D eigenvalue weighted by Crippen LogP contribution is 2.37. The minimum absolute atomic E-state index is 0.290. The Kier molecular flexibility index (Phi) is 5.13. The normalized spacial score (nSPS) is 15.7. The SMILES string of the molecule is COc1ncccc1-c1cnn(-c2cnn3ccc(N4CCC[C@H]4c4cc(F)ccc4F)nc23)c1. The van der Waals surface area contributed by atoms with Crippen molar-refractivity contribution in [1.82, 2.24) is 29.4 Å². The summed E-state index contributed by atoms with van der Waals surface area (Å²) in [6.45, 7) is 0.694. The van der Waals surface area contributed by atoms with Gasteiger partial charge in [0, 0.05) is 41.8 Å². The summed E-state index contributed by atoms with van der Waals surface area (Å²) in [7, 11) is 1.58. The average Bonchev–Trinajstić information content (AvgIpc) is 3.64. The summed E-state index contributed by atoms with van der Waals surface area (Å²) >= 11 is 0. The van der Waals surface area contributed by atoms with E-state index >= 15 is 0 Å². The maximum absolute atomic E-state index is 14.5. The van der Waals surface area contributed by atoms with Gasteiger partial charge in [0.1, 0.15) is 23.1 Å². The molecule has 0 radical (unpaired) electrons. The molecule has 6 rings (SSSR count). The second-order valence-electron chi connectivity index (χ2n) is 8.33. The van der Waals surface area contributed by atoms with Gasteiger partial charge in [-0.3, -0.25) is 0 Å². The van der Waals surface area contributed by atoms with Gasteiger partial charge in [0.05, 0.1) is 25.5 Å². The molecule has 5 aromatic rings. The minimum Gasteiger partial charge on any atom is -0.481 e. The molecule has 4 aromatic heterocycles. The van der Waals surface area contributed by atoms with Gasteiger partial charge in [0.25, 0.3) is 0 Å². The van der Waals surface area contributed by atoms with Crippen LogP contribution in [0.4, 0.5) is 14.6 Å². The fraction of sp³-hybridized carbons (Fsp3) is 0.200. The van der Waals surface area contributed by atoms with Crippen LogP contribution in [-0.4, -0.2) is 43.0 Å². The Morgan fingerprint density at radius 3 is 2.89 bits per heavy atom. The van der Waals surface area contributed by atoms with Crippen molar-refractivity contribution in [3.63, 3.8) is 0 Å². The molecule has 1 aliphatic heterocycles. The third-order valence-corrected chi connectivity index (χ3v) is 6.30. The van der Waals surface area contributed by atoms with E-state index in [1.54, 1.807) is 34.9 Å². The van der Waals surface area contributed by atoms with Crippen LogP contribution in [-0.2, 0) is 0 Å². The van der Waals surface area contributed by atoms with Gasteiger partial charge >= 0.3 is 0 Å². The Hall–Kier alpha value is -4.34. The number of hydrogen-bond acceptors (Lipinski definition) is 6. The van der Waals surface area contributed by atoms with Crippen LogP contribution in [0.3, 0.4) is 0 Å². The summed E-state index contributed by atoms with van der Waals surface area (Å²) < 4.78 is 37.2. The molecule has 1 aliphatic rings. The quantitative estimate of drug-likeness (QED) is 0.371. The lowest BCUT2D eigenvalue weighted by molar-refractivity contribution is 0.399. The number of rotatable bonds is 5. The van der Waals surface area contributed by atoms with E-state index < -0.39 is 11.6 Å². The molecule has 176 valence electrons. The second kappa shape index (κ2) is 8.46. The van der Waals surface area contributed by atoms with E-state index in [-0.39, 0.29) is 6.04 Å². The van der Waals surface area contributed by atoms with E-state index in [1.165, 1.54) is 12.1 Å². The molecule has 0 N–H and O–H groups in total. The lowest BCUT2D eigenvalue weighted by Crippen LogP contribution is -2.24. The lowest BCUT2D eigenvalue weighted by Gasteiger charge is -2.26. The molecule has 1 atom stereocenters. The summed E-state index contributed by atoms with van der Waals surface area (Å²) in [6.07, 6.45) is 10.3. The number of nitrogens with zero attached hydrogens (tertiary/aromatic N) is 7. The van der Waals surface area contributed by atoms with Gasteiger partial charge < -0.3 is 9.64 Å². The molecule has 0 aliphatic carbocycles. The minimum atomic E-state index is -0.450. The molecular weight excluding hydrogens is 452 g/mol. The van der Waals surface area contributed by atoms with Crippen molar-refractivity contribution in [1.29, 1.82) is 0 Å². The Balaban J connectivity index is 1.38. The molecule has 0 saturated carbocycles. The van der Waals surface area contributed by atoms with E-state index in [0.717, 1.165) is 30.0 Å². The first kappa shape index (κ1) is 21.2. The number of fused-ring (bicyclic) bond motifs is 1. The molecule has 5 heterocycles. The molecular formula is C25H21F2N7O. The van der Waals surface area contributed by atoms with Gasteiger partial charge in [-0.25, -0.2) is 27.9 Å². The van der Waals surface area contributed by atoms with E-state index in [1.807, 2.05) is 35.5 Å². The average molecular weight is 473 g/mol. The Labute approximate surface area is 199 Å². The Morgan fingerprint density at radius 2 is 2.00 bits per heavy atom. The molecule has 35 heavy (non-hydrogen) atoms. The predicted molar refractivity (Wildman–Crippen MR) is 126 cm³/mol. The van der Waals surface area contributed by atoms with Crippen molar-refractivity contribution in [2.45, 2.75) is 18.9 Å². The van der Waals surface area contributed by atoms with Gasteiger partial charge in [0.2, 0.25) is 5.88 Å². The zero-order valence-electron chi connectivity index (χ0n) is 18.8. The van der Waals surface area contributed by atoms with Crippen molar-refractivity contribution in [3.8, 4) is 22.7 Å². The van der Waals surface area contributed by atoms with Crippen LogP contribution < -0.4 is 9.64 Å². The fourth-order valence-corrected chi connectivity index (χ4v) is 4.67. The maximum atomic E-state index is 14.5. The Bertz CT molecular complexity index is 1530. The maximum Gasteiger partial charge on any atom is 0.221 e. The van der Waals surface area contributed by atoms with Crippen LogP contribution in [0.15, 0.2) is 67.4 Å². The number of aromatic nitrogens is 6. The first-order valence-electron chi connectivity index (χ1n) is 11.2. The van der Waals surface area contributed by atoms with Crippen molar-refractivity contribution >= 4 is 11.5 Å². The standard InChI is InChI=1S/C25H21F2N7O/c1-35-25-18(4-2-9-28-25)16-13-29-34(15-16)22-14-30-33-11-8-23(31-24(22)33)32-10-3-5-21(32)19-12-17(26)6-7-20(19)27/h2,4,6-9,11-15,21H,3,5,10H2,1H3/t21-/m0/s1. The van der Waals surface area contributed by atoms with Crippen molar-refractivity contribution in [2.75, 3.05) is 18.6 Å². The summed E-state index contributed by atoms with van der Waals surface area (Å²) in [5, 5.41) is 8.92. The molecule has 10 heteroatoms. The highest BCUT2D eigenvalue weighted by atomic mass is 19.1. The van der Waals surface area contributed by atoms with E-state index in [2.05, 4.69) is 15.2 Å². The monoisotopic (exact) mass is 473 g/mol. The van der Waals surface area contributed by atoms with Crippen molar-refractivity contribution in [2.24, 2.45) is 0 Å². The van der Waals surface area contributed by atoms with Gasteiger partial charge in [-0.15, -0.1) is 0 Å². The topological polar surface area (TPSA) is 73.4 Å². The van der Waals surface area contributed by atoms with E-state index in [4.69, 9.17) is 9.72 Å². The van der Waals surface area contributed by atoms with Crippen LogP contribution in [0, 0.1) is 11.6 Å². The van der Waals surface area contributed by atoms with Crippen molar-refractivity contribution in [3.05, 3.63) is 84.6 Å². The molecule has 8 nitrogen and oxygen atoms in total. The summed E-state index contributed by atoms with van der Waals surface area (Å²) in [4.78, 5) is 11.1. The largest absolute Gasteiger partial charge is 0.481 e. The van der Waals surface area contributed by atoms with Gasteiger partial charge in [-0.2, -0.15) is 10.2 Å². The zero-order valence-corrected chi connectivity index (χ0v) is 18.8. The van der Waals surface area contributed by atoms with Gasteiger partial charge in [-0.1, -0.05) is 0 Å². The second-order valence-corrected chi connectivity index (χ2v) is 8.33. The molecule has 0 unspecified atom stereocenters. The summed E-state index contributed by atoms with van der Waals surface area (Å²) in [5.74, 6) is 0.322. The summed E-state index contributed by atoms with van der Waals surface area (Å²) in [6, 6.07) is 8.90. The number of hydrogen-bond donors (Lipinski definition) is 0. The van der Waals surface area contributed by atoms with E-state index in [0.29, 0.717) is 35.1 Å². The third kappa shape index (κ3) is 3.67. The Morgan fingerprint density at radius 1 is 1.09 bits per heavy atom. The third-order valence-electron chi connectivity index (χ3n) is 6.30. The van der Waals surface area contributed by atoms with Crippen LogP contribution in [0.5, 0.6) is 5.88 Å². The highest BCUT2D eigenvalue weighted by molar-refractivity contribution is 5.69. The van der Waals surface area contributed by atoms with E-state index in [9.17, 15) is 8.78 Å². The number of ether oxygens (including phenoxy) is 1. The zero-order chi connectivity index (χ0) is 23.9. The number of pyridine rings is 1. The molecule has 1 fully saturated rings. The van der Waals surface area contributed by atoms with Crippen LogP contribution in [0.2, 0.25) is 0 Å². The van der Waals surface area contributed by atoms with Crippen LogP contribution >= 0.6 is 0 Å². The molecule has 0 bridgehead atoms.